The van der Waals surface area contributed by atoms with E-state index in [1.807, 2.05) is 42.8 Å². The van der Waals surface area contributed by atoms with Gasteiger partial charge < -0.3 is 18.9 Å². The lowest BCUT2D eigenvalue weighted by Crippen LogP contribution is -2.21. The second-order valence-corrected chi connectivity index (χ2v) is 6.35. The van der Waals surface area contributed by atoms with Gasteiger partial charge in [-0.25, -0.2) is 4.79 Å². The first-order valence-electron chi connectivity index (χ1n) is 8.37. The first kappa shape index (κ1) is 18.0. The third-order valence-corrected chi connectivity index (χ3v) is 4.89. The average molecular weight is 355 g/mol. The lowest BCUT2D eigenvalue weighted by Gasteiger charge is -2.12. The summed E-state index contributed by atoms with van der Waals surface area (Å²) in [5, 5.41) is 0. The number of rotatable bonds is 7. The molecule has 0 N–H and O–H groups in total. The van der Waals surface area contributed by atoms with Crippen LogP contribution in [0, 0.1) is 11.8 Å². The van der Waals surface area contributed by atoms with E-state index in [0.29, 0.717) is 17.9 Å². The van der Waals surface area contributed by atoms with Crippen LogP contribution in [0.1, 0.15) is 23.5 Å². The van der Waals surface area contributed by atoms with Crippen LogP contribution in [-0.4, -0.2) is 34.4 Å². The lowest BCUT2D eigenvalue weighted by molar-refractivity contribution is -0.145. The Balaban J connectivity index is 1.89. The van der Waals surface area contributed by atoms with Crippen LogP contribution in [0.3, 0.4) is 0 Å². The molecule has 1 saturated carbocycles. The first-order valence-corrected chi connectivity index (χ1v) is 8.37. The normalized spacial score (nSPS) is 20.8. The number of carbonyl (C=O) groups is 1. The van der Waals surface area contributed by atoms with E-state index < -0.39 is 5.41 Å². The monoisotopic (exact) mass is 355 g/mol. The number of hydrogen-bond acceptors (Lipinski definition) is 5. The molecule has 0 unspecified atom stereocenters. The number of hydrogen-bond donors (Lipinski definition) is 0. The number of ether oxygens (including phenoxy) is 4. The second-order valence-electron chi connectivity index (χ2n) is 6.35. The molecule has 0 heterocycles. The third kappa shape index (κ3) is 3.29. The molecule has 26 heavy (non-hydrogen) atoms. The molecular formula is C21H23O5+. The molecule has 0 spiro atoms. The van der Waals surface area contributed by atoms with Gasteiger partial charge in [-0.1, -0.05) is 12.1 Å². The molecule has 0 bridgehead atoms. The van der Waals surface area contributed by atoms with Gasteiger partial charge in [0.25, 0.3) is 0 Å². The minimum Gasteiger partial charge on any atom is -0.497 e. The van der Waals surface area contributed by atoms with Crippen LogP contribution >= 0.6 is 0 Å². The van der Waals surface area contributed by atoms with Crippen molar-refractivity contribution in [1.29, 1.82) is 0 Å². The van der Waals surface area contributed by atoms with Crippen LogP contribution in [0.25, 0.3) is 0 Å². The molecule has 0 aliphatic heterocycles. The Kier molecular flexibility index (Phi) is 4.98. The molecule has 1 fully saturated rings. The molecule has 0 saturated heterocycles. The van der Waals surface area contributed by atoms with Crippen molar-refractivity contribution in [2.45, 2.75) is 12.3 Å². The van der Waals surface area contributed by atoms with Crippen LogP contribution in [0.15, 0.2) is 42.5 Å². The standard InChI is InChI=1S/C21H23O5/c1-23-16-7-5-15(6-8-16)19-13-21(19,20(22)26-4)12-14-9-17(24-2)11-18(10-14)25-3/h5-12,19H,13H2,1-4H3/q+1/t19-,21-/m0/s1. The van der Waals surface area contributed by atoms with Gasteiger partial charge in [-0.3, -0.25) is 0 Å². The van der Waals surface area contributed by atoms with Gasteiger partial charge in [0.15, 0.2) is 11.5 Å². The molecule has 0 aromatic heterocycles. The zero-order valence-electron chi connectivity index (χ0n) is 15.4. The van der Waals surface area contributed by atoms with Crippen molar-refractivity contribution in [3.05, 3.63) is 60.0 Å². The van der Waals surface area contributed by atoms with Crippen LogP contribution in [0.5, 0.6) is 17.2 Å². The highest BCUT2D eigenvalue weighted by molar-refractivity contribution is 5.85. The Hall–Kier alpha value is -2.82. The van der Waals surface area contributed by atoms with E-state index in [-0.39, 0.29) is 11.9 Å². The minimum atomic E-state index is -0.680. The molecule has 3 rings (SSSR count). The van der Waals surface area contributed by atoms with Crippen LogP contribution in [-0.2, 0) is 9.53 Å². The molecule has 0 radical (unpaired) electrons. The van der Waals surface area contributed by atoms with E-state index in [2.05, 4.69) is 0 Å². The predicted molar refractivity (Wildman–Crippen MR) is 97.7 cm³/mol. The molecule has 5 heteroatoms. The summed E-state index contributed by atoms with van der Waals surface area (Å²) < 4.78 is 21.0. The van der Waals surface area contributed by atoms with E-state index >= 15 is 0 Å². The maximum absolute atomic E-state index is 12.6. The predicted octanol–water partition coefficient (Wildman–Crippen LogP) is 3.61. The Morgan fingerprint density at radius 2 is 1.50 bits per heavy atom. The van der Waals surface area contributed by atoms with E-state index in [9.17, 15) is 4.79 Å². The fourth-order valence-corrected chi connectivity index (χ4v) is 3.37. The first-order chi connectivity index (χ1) is 12.6. The Morgan fingerprint density at radius 3 is 2.00 bits per heavy atom. The average Bonchev–Trinajstić information content (AvgIpc) is 3.42. The maximum atomic E-state index is 12.6. The molecule has 2 aromatic rings. The van der Waals surface area contributed by atoms with Gasteiger partial charge >= 0.3 is 5.97 Å². The SMILES string of the molecule is COC(=O)[C@@]1([CH+]c2cc(OC)cc(OC)c2)C[C@H]1c1ccc(OC)cc1. The van der Waals surface area contributed by atoms with E-state index in [1.165, 1.54) is 7.11 Å². The van der Waals surface area contributed by atoms with Crippen molar-refractivity contribution < 1.29 is 23.7 Å². The van der Waals surface area contributed by atoms with Crippen molar-refractivity contribution in [2.24, 2.45) is 5.41 Å². The van der Waals surface area contributed by atoms with Gasteiger partial charge in [0.05, 0.1) is 46.6 Å². The highest BCUT2D eigenvalue weighted by atomic mass is 16.5. The molecule has 136 valence electrons. The molecule has 0 amide bonds. The van der Waals surface area contributed by atoms with Crippen molar-refractivity contribution in [3.63, 3.8) is 0 Å². The lowest BCUT2D eigenvalue weighted by atomic mass is 9.91. The Labute approximate surface area is 153 Å². The van der Waals surface area contributed by atoms with Gasteiger partial charge in [0.1, 0.15) is 16.7 Å². The summed E-state index contributed by atoms with van der Waals surface area (Å²) in [6, 6.07) is 13.4. The van der Waals surface area contributed by atoms with Gasteiger partial charge in [0.2, 0.25) is 0 Å². The number of esters is 1. The highest BCUT2D eigenvalue weighted by Gasteiger charge is 2.64. The van der Waals surface area contributed by atoms with Crippen LogP contribution in [0.4, 0.5) is 0 Å². The summed E-state index contributed by atoms with van der Waals surface area (Å²) in [7, 11) is 6.26. The summed E-state index contributed by atoms with van der Waals surface area (Å²) in [6.07, 6.45) is 2.66. The topological polar surface area (TPSA) is 54.0 Å². The van der Waals surface area contributed by atoms with E-state index in [4.69, 9.17) is 18.9 Å². The molecule has 2 aromatic carbocycles. The quantitative estimate of drug-likeness (QED) is 0.561. The fourth-order valence-electron chi connectivity index (χ4n) is 3.37. The van der Waals surface area contributed by atoms with Crippen molar-refractivity contribution in [3.8, 4) is 17.2 Å². The number of benzene rings is 2. The van der Waals surface area contributed by atoms with Gasteiger partial charge in [-0.05, 0) is 24.1 Å². The molecule has 5 nitrogen and oxygen atoms in total. The number of carbonyl (C=O) groups excluding carboxylic acids is 1. The number of methoxy groups -OCH3 is 4. The van der Waals surface area contributed by atoms with Crippen molar-refractivity contribution in [2.75, 3.05) is 28.4 Å². The van der Waals surface area contributed by atoms with Crippen molar-refractivity contribution in [1.82, 2.24) is 0 Å². The van der Waals surface area contributed by atoms with Gasteiger partial charge in [-0.2, -0.15) is 0 Å². The van der Waals surface area contributed by atoms with Crippen LogP contribution in [0.2, 0.25) is 0 Å². The zero-order chi connectivity index (χ0) is 18.7. The fraction of sp³-hybridized carbons (Fsp3) is 0.333. The third-order valence-electron chi connectivity index (χ3n) is 4.89. The van der Waals surface area contributed by atoms with E-state index in [0.717, 1.165) is 16.9 Å². The van der Waals surface area contributed by atoms with Crippen molar-refractivity contribution >= 4 is 5.97 Å². The van der Waals surface area contributed by atoms with E-state index in [1.54, 1.807) is 27.4 Å². The Morgan fingerprint density at radius 1 is 0.923 bits per heavy atom. The summed E-state index contributed by atoms with van der Waals surface area (Å²) in [4.78, 5) is 12.6. The largest absolute Gasteiger partial charge is 0.497 e. The summed E-state index contributed by atoms with van der Waals surface area (Å²) >= 11 is 0. The highest BCUT2D eigenvalue weighted by Crippen LogP contribution is 2.63. The summed E-state index contributed by atoms with van der Waals surface area (Å²) in [6.45, 7) is 0. The summed E-state index contributed by atoms with van der Waals surface area (Å²) in [5.74, 6) is 1.98. The van der Waals surface area contributed by atoms with Gasteiger partial charge in [0, 0.05) is 12.3 Å². The second kappa shape index (κ2) is 7.20. The molecule has 2 atom stereocenters. The molecular weight excluding hydrogens is 332 g/mol. The summed E-state index contributed by atoms with van der Waals surface area (Å²) in [5.41, 5.74) is 1.27. The minimum absolute atomic E-state index is 0.0676. The molecule has 1 aliphatic rings. The zero-order valence-corrected chi connectivity index (χ0v) is 15.4. The van der Waals surface area contributed by atoms with Crippen LogP contribution < -0.4 is 14.2 Å². The van der Waals surface area contributed by atoms with Gasteiger partial charge in [-0.15, -0.1) is 0 Å². The molecule has 1 aliphatic carbocycles. The Bertz CT molecular complexity index is 761. The maximum Gasteiger partial charge on any atom is 0.329 e. The smallest absolute Gasteiger partial charge is 0.329 e.